The summed E-state index contributed by atoms with van der Waals surface area (Å²) in [7, 11) is 0. The third-order valence-corrected chi connectivity index (χ3v) is 2.05. The van der Waals surface area contributed by atoms with Crippen LogP contribution in [0.2, 0.25) is 0 Å². The number of rotatable bonds is 2. The Morgan fingerprint density at radius 3 is 2.44 bits per heavy atom. The lowest BCUT2D eigenvalue weighted by Crippen LogP contribution is -2.45. The summed E-state index contributed by atoms with van der Waals surface area (Å²) >= 11 is 0. The van der Waals surface area contributed by atoms with Crippen LogP contribution in [0.5, 0.6) is 5.88 Å². The molecule has 1 aromatic heterocycles. The molecule has 82 valence electrons. The maximum atomic E-state index is 11.5. The molecule has 0 radical (unpaired) electrons. The van der Waals surface area contributed by atoms with Crippen molar-refractivity contribution in [3.05, 3.63) is 26.4 Å². The molecule has 2 N–H and O–H groups in total. The number of pyridine rings is 1. The second-order valence-electron chi connectivity index (χ2n) is 3.05. The van der Waals surface area contributed by atoms with Crippen LogP contribution in [-0.2, 0) is 11.3 Å². The molecule has 0 aromatic carbocycles. The van der Waals surface area contributed by atoms with E-state index in [4.69, 9.17) is 10.4 Å². The minimum absolute atomic E-state index is 0.00615. The van der Waals surface area contributed by atoms with Crippen LogP contribution in [-0.4, -0.2) is 20.7 Å². The first-order chi connectivity index (χ1) is 7.40. The van der Waals surface area contributed by atoms with Gasteiger partial charge in [-0.1, -0.05) is 13.2 Å². The number of aromatic nitrogens is 1. The van der Waals surface area contributed by atoms with Gasteiger partial charge in [-0.2, -0.15) is 5.26 Å². The van der Waals surface area contributed by atoms with Crippen LogP contribution >= 0.6 is 0 Å². The standard InChI is InChI=1S/C10H8N2O4/c1-5-6(2)9(15)12(4-8(13)14)10(16)7(5)3-11/h16H,1-2,4H2,(H,13,14). The Morgan fingerprint density at radius 1 is 1.44 bits per heavy atom. The SMILES string of the molecule is C=c1c(C#N)c(O)n(CC(=O)O)c(=O)c1=C. The molecular formula is C10H8N2O4. The van der Waals surface area contributed by atoms with Gasteiger partial charge in [0.05, 0.1) is 0 Å². The highest BCUT2D eigenvalue weighted by molar-refractivity contribution is 5.67. The van der Waals surface area contributed by atoms with Gasteiger partial charge in [0.1, 0.15) is 18.2 Å². The van der Waals surface area contributed by atoms with Crippen molar-refractivity contribution in [3.63, 3.8) is 0 Å². The van der Waals surface area contributed by atoms with Crippen LogP contribution in [0.1, 0.15) is 5.56 Å². The van der Waals surface area contributed by atoms with E-state index in [1.807, 2.05) is 0 Å². The molecule has 6 heteroatoms. The summed E-state index contributed by atoms with van der Waals surface area (Å²) in [5.41, 5.74) is -1.02. The fraction of sp³-hybridized carbons (Fsp3) is 0.100. The van der Waals surface area contributed by atoms with E-state index in [0.29, 0.717) is 4.57 Å². The first kappa shape index (κ1) is 11.5. The van der Waals surface area contributed by atoms with Crippen molar-refractivity contribution in [1.29, 1.82) is 5.26 Å². The van der Waals surface area contributed by atoms with E-state index in [2.05, 4.69) is 13.2 Å². The van der Waals surface area contributed by atoms with Gasteiger partial charge in [-0.15, -0.1) is 0 Å². The van der Waals surface area contributed by atoms with Crippen molar-refractivity contribution in [1.82, 2.24) is 4.57 Å². The minimum atomic E-state index is -1.31. The Labute approximate surface area is 89.6 Å². The number of carboxylic acid groups (broad SMARTS) is 1. The number of hydrogen-bond acceptors (Lipinski definition) is 4. The summed E-state index contributed by atoms with van der Waals surface area (Å²) in [6, 6.07) is 1.64. The molecular weight excluding hydrogens is 212 g/mol. The van der Waals surface area contributed by atoms with Gasteiger partial charge >= 0.3 is 5.97 Å². The van der Waals surface area contributed by atoms with E-state index in [9.17, 15) is 14.7 Å². The minimum Gasteiger partial charge on any atom is -0.493 e. The topological polar surface area (TPSA) is 103 Å². The Balaban J connectivity index is 3.78. The molecule has 6 nitrogen and oxygen atoms in total. The third kappa shape index (κ3) is 1.66. The van der Waals surface area contributed by atoms with Gasteiger partial charge in [0, 0.05) is 10.4 Å². The number of nitrogens with zero attached hydrogens (tertiary/aromatic N) is 2. The summed E-state index contributed by atoms with van der Waals surface area (Å²) in [5, 5.41) is 26.7. The molecule has 0 aliphatic rings. The van der Waals surface area contributed by atoms with Crippen LogP contribution in [0.15, 0.2) is 4.79 Å². The zero-order valence-corrected chi connectivity index (χ0v) is 8.23. The van der Waals surface area contributed by atoms with E-state index < -0.39 is 24.0 Å². The highest BCUT2D eigenvalue weighted by atomic mass is 16.4. The van der Waals surface area contributed by atoms with Crippen LogP contribution in [0.3, 0.4) is 0 Å². The molecule has 1 heterocycles. The molecule has 0 spiro atoms. The summed E-state index contributed by atoms with van der Waals surface area (Å²) < 4.78 is 0.567. The first-order valence-corrected chi connectivity index (χ1v) is 4.15. The van der Waals surface area contributed by atoms with Gasteiger partial charge in [0.15, 0.2) is 0 Å². The van der Waals surface area contributed by atoms with Gasteiger partial charge in [0.2, 0.25) is 5.88 Å². The molecule has 1 aromatic rings. The highest BCUT2D eigenvalue weighted by Gasteiger charge is 2.13. The second kappa shape index (κ2) is 3.90. The Bertz CT molecular complexity index is 651. The average molecular weight is 220 g/mol. The number of nitriles is 1. The smallest absolute Gasteiger partial charge is 0.323 e. The maximum absolute atomic E-state index is 11.5. The molecule has 0 unspecified atom stereocenters. The summed E-state index contributed by atoms with van der Waals surface area (Å²) in [5.74, 6) is -2.01. The average Bonchev–Trinajstić information content (AvgIpc) is 2.22. The van der Waals surface area contributed by atoms with Crippen LogP contribution in [0.4, 0.5) is 0 Å². The summed E-state index contributed by atoms with van der Waals surface area (Å²) in [4.78, 5) is 22.0. The van der Waals surface area contributed by atoms with Crippen molar-refractivity contribution >= 4 is 19.1 Å². The first-order valence-electron chi connectivity index (χ1n) is 4.15. The lowest BCUT2D eigenvalue weighted by atomic mass is 10.2. The molecule has 16 heavy (non-hydrogen) atoms. The zero-order valence-electron chi connectivity index (χ0n) is 8.23. The van der Waals surface area contributed by atoms with E-state index in [-0.39, 0.29) is 16.0 Å². The van der Waals surface area contributed by atoms with Crippen molar-refractivity contribution in [2.75, 3.05) is 0 Å². The number of hydrogen-bond donors (Lipinski definition) is 2. The monoisotopic (exact) mass is 220 g/mol. The van der Waals surface area contributed by atoms with E-state index >= 15 is 0 Å². The molecule has 0 saturated carbocycles. The summed E-state index contributed by atoms with van der Waals surface area (Å²) in [6.45, 7) is 6.08. The van der Waals surface area contributed by atoms with Crippen molar-refractivity contribution < 1.29 is 15.0 Å². The zero-order chi connectivity index (χ0) is 12.5. The van der Waals surface area contributed by atoms with Crippen LogP contribution < -0.4 is 16.0 Å². The predicted molar refractivity (Wildman–Crippen MR) is 55.0 cm³/mol. The van der Waals surface area contributed by atoms with E-state index in [1.165, 1.54) is 0 Å². The number of aliphatic carboxylic acids is 1. The Hall–Kier alpha value is -2.55. The fourth-order valence-electron chi connectivity index (χ4n) is 1.21. The largest absolute Gasteiger partial charge is 0.493 e. The predicted octanol–water partition coefficient (Wildman–Crippen LogP) is -1.67. The lowest BCUT2D eigenvalue weighted by Gasteiger charge is -2.07. The van der Waals surface area contributed by atoms with E-state index in [1.54, 1.807) is 6.07 Å². The van der Waals surface area contributed by atoms with E-state index in [0.717, 1.165) is 0 Å². The normalized spacial score (nSPS) is 9.69. The molecule has 1 rings (SSSR count). The third-order valence-electron chi connectivity index (χ3n) is 2.05. The number of carbonyl (C=O) groups is 1. The fourth-order valence-corrected chi connectivity index (χ4v) is 1.21. The molecule has 0 fully saturated rings. The van der Waals surface area contributed by atoms with Gasteiger partial charge in [-0.3, -0.25) is 14.2 Å². The van der Waals surface area contributed by atoms with Crippen molar-refractivity contribution in [2.45, 2.75) is 6.54 Å². The molecule has 0 aliphatic carbocycles. The van der Waals surface area contributed by atoms with Crippen LogP contribution in [0.25, 0.3) is 13.2 Å². The molecule has 0 aliphatic heterocycles. The maximum Gasteiger partial charge on any atom is 0.323 e. The van der Waals surface area contributed by atoms with Gasteiger partial charge in [-0.25, -0.2) is 0 Å². The second-order valence-corrected chi connectivity index (χ2v) is 3.05. The molecule has 0 amide bonds. The molecule has 0 atom stereocenters. The number of carboxylic acids is 1. The van der Waals surface area contributed by atoms with Gasteiger partial charge in [-0.05, 0) is 0 Å². The molecule has 0 saturated heterocycles. The lowest BCUT2D eigenvalue weighted by molar-refractivity contribution is -0.137. The quantitative estimate of drug-likeness (QED) is 0.620. The summed E-state index contributed by atoms with van der Waals surface area (Å²) in [6.07, 6.45) is 0. The van der Waals surface area contributed by atoms with Crippen molar-refractivity contribution in [3.8, 4) is 11.9 Å². The van der Waals surface area contributed by atoms with Gasteiger partial charge < -0.3 is 10.2 Å². The van der Waals surface area contributed by atoms with Crippen molar-refractivity contribution in [2.24, 2.45) is 0 Å². The Morgan fingerprint density at radius 2 is 2.00 bits per heavy atom. The highest BCUT2D eigenvalue weighted by Crippen LogP contribution is 2.07. The Kier molecular flexibility index (Phi) is 2.81. The van der Waals surface area contributed by atoms with Crippen LogP contribution in [0, 0.1) is 11.3 Å². The van der Waals surface area contributed by atoms with Gasteiger partial charge in [0.25, 0.3) is 5.56 Å². The number of aromatic hydroxyl groups is 1. The molecule has 0 bridgehead atoms.